The SMILES string of the molecule is CCC(NCCO)C1CCOC1. The molecule has 1 fully saturated rings. The van der Waals surface area contributed by atoms with Crippen LogP contribution in [-0.2, 0) is 4.74 Å². The number of ether oxygens (including phenoxy) is 1. The highest BCUT2D eigenvalue weighted by atomic mass is 16.5. The van der Waals surface area contributed by atoms with Crippen LogP contribution in [0.4, 0.5) is 0 Å². The Kier molecular flexibility index (Phi) is 4.58. The van der Waals surface area contributed by atoms with Crippen molar-refractivity contribution < 1.29 is 9.84 Å². The molecule has 2 unspecified atom stereocenters. The molecule has 0 aromatic carbocycles. The lowest BCUT2D eigenvalue weighted by molar-refractivity contribution is 0.174. The van der Waals surface area contributed by atoms with Gasteiger partial charge in [0.1, 0.15) is 0 Å². The van der Waals surface area contributed by atoms with Gasteiger partial charge in [0.15, 0.2) is 0 Å². The molecule has 12 heavy (non-hydrogen) atoms. The first-order chi connectivity index (χ1) is 5.88. The van der Waals surface area contributed by atoms with Crippen molar-refractivity contribution in [1.82, 2.24) is 5.32 Å². The van der Waals surface area contributed by atoms with E-state index in [1.807, 2.05) is 0 Å². The number of aliphatic hydroxyl groups is 1. The molecule has 1 saturated heterocycles. The van der Waals surface area contributed by atoms with Crippen LogP contribution in [0.3, 0.4) is 0 Å². The van der Waals surface area contributed by atoms with Crippen LogP contribution in [0.5, 0.6) is 0 Å². The lowest BCUT2D eigenvalue weighted by Crippen LogP contribution is -2.37. The molecule has 0 aromatic heterocycles. The standard InChI is InChI=1S/C9H19NO2/c1-2-9(10-4-5-11)8-3-6-12-7-8/h8-11H,2-7H2,1H3. The van der Waals surface area contributed by atoms with Crippen molar-refractivity contribution in [2.24, 2.45) is 5.92 Å². The van der Waals surface area contributed by atoms with Crippen LogP contribution in [0.15, 0.2) is 0 Å². The maximum atomic E-state index is 8.66. The fourth-order valence-corrected chi connectivity index (χ4v) is 1.76. The second-order valence-electron chi connectivity index (χ2n) is 3.32. The molecule has 0 aliphatic carbocycles. The summed E-state index contributed by atoms with van der Waals surface area (Å²) in [5.74, 6) is 0.654. The van der Waals surface area contributed by atoms with E-state index in [9.17, 15) is 0 Å². The summed E-state index contributed by atoms with van der Waals surface area (Å²) in [4.78, 5) is 0. The molecule has 2 atom stereocenters. The minimum Gasteiger partial charge on any atom is -0.395 e. The Morgan fingerprint density at radius 2 is 2.50 bits per heavy atom. The normalized spacial score (nSPS) is 26.0. The molecule has 1 heterocycles. The summed E-state index contributed by atoms with van der Waals surface area (Å²) in [6, 6.07) is 0.527. The molecular weight excluding hydrogens is 154 g/mol. The first kappa shape index (κ1) is 9.96. The van der Waals surface area contributed by atoms with Gasteiger partial charge in [-0.05, 0) is 18.8 Å². The fourth-order valence-electron chi connectivity index (χ4n) is 1.76. The van der Waals surface area contributed by atoms with Gasteiger partial charge in [0.2, 0.25) is 0 Å². The molecule has 3 nitrogen and oxygen atoms in total. The molecule has 0 aromatic rings. The topological polar surface area (TPSA) is 41.5 Å². The molecule has 0 spiro atoms. The minimum atomic E-state index is 0.226. The zero-order valence-corrected chi connectivity index (χ0v) is 7.75. The Balaban J connectivity index is 2.22. The third kappa shape index (κ3) is 2.73. The number of aliphatic hydroxyl groups excluding tert-OH is 1. The van der Waals surface area contributed by atoms with Crippen LogP contribution in [0.2, 0.25) is 0 Å². The highest BCUT2D eigenvalue weighted by Gasteiger charge is 2.23. The van der Waals surface area contributed by atoms with E-state index in [0.29, 0.717) is 18.5 Å². The van der Waals surface area contributed by atoms with E-state index in [4.69, 9.17) is 9.84 Å². The van der Waals surface area contributed by atoms with Gasteiger partial charge >= 0.3 is 0 Å². The van der Waals surface area contributed by atoms with E-state index in [1.54, 1.807) is 0 Å². The molecule has 1 aliphatic heterocycles. The summed E-state index contributed by atoms with van der Waals surface area (Å²) in [7, 11) is 0. The van der Waals surface area contributed by atoms with Gasteiger partial charge < -0.3 is 15.2 Å². The zero-order chi connectivity index (χ0) is 8.81. The minimum absolute atomic E-state index is 0.226. The van der Waals surface area contributed by atoms with E-state index in [2.05, 4.69) is 12.2 Å². The van der Waals surface area contributed by atoms with E-state index >= 15 is 0 Å². The van der Waals surface area contributed by atoms with Gasteiger partial charge in [-0.3, -0.25) is 0 Å². The summed E-state index contributed by atoms with van der Waals surface area (Å²) in [5, 5.41) is 12.0. The largest absolute Gasteiger partial charge is 0.395 e. The molecule has 0 saturated carbocycles. The van der Waals surface area contributed by atoms with Crippen molar-refractivity contribution in [3.8, 4) is 0 Å². The van der Waals surface area contributed by atoms with Crippen LogP contribution < -0.4 is 5.32 Å². The molecule has 3 heteroatoms. The molecule has 1 aliphatic rings. The Morgan fingerprint density at radius 1 is 1.67 bits per heavy atom. The highest BCUT2D eigenvalue weighted by Crippen LogP contribution is 2.18. The first-order valence-corrected chi connectivity index (χ1v) is 4.80. The molecule has 2 N–H and O–H groups in total. The van der Waals surface area contributed by atoms with Crippen molar-refractivity contribution in [3.63, 3.8) is 0 Å². The van der Waals surface area contributed by atoms with Crippen LogP contribution >= 0.6 is 0 Å². The number of rotatable bonds is 5. The lowest BCUT2D eigenvalue weighted by Gasteiger charge is -2.21. The van der Waals surface area contributed by atoms with E-state index in [-0.39, 0.29) is 6.61 Å². The van der Waals surface area contributed by atoms with Gasteiger partial charge in [0, 0.05) is 19.2 Å². The molecule has 0 amide bonds. The smallest absolute Gasteiger partial charge is 0.0556 e. The Bertz CT molecular complexity index is 113. The molecular formula is C9H19NO2. The van der Waals surface area contributed by atoms with E-state index in [1.165, 1.54) is 0 Å². The van der Waals surface area contributed by atoms with Gasteiger partial charge in [-0.15, -0.1) is 0 Å². The highest BCUT2D eigenvalue weighted by molar-refractivity contribution is 4.77. The molecule has 0 bridgehead atoms. The number of hydrogen-bond acceptors (Lipinski definition) is 3. The van der Waals surface area contributed by atoms with Crippen molar-refractivity contribution in [2.75, 3.05) is 26.4 Å². The van der Waals surface area contributed by atoms with Crippen molar-refractivity contribution >= 4 is 0 Å². The summed E-state index contributed by atoms with van der Waals surface area (Å²) in [5.41, 5.74) is 0. The van der Waals surface area contributed by atoms with Crippen molar-refractivity contribution in [3.05, 3.63) is 0 Å². The second kappa shape index (κ2) is 5.51. The van der Waals surface area contributed by atoms with Crippen LogP contribution in [0.1, 0.15) is 19.8 Å². The predicted molar refractivity (Wildman–Crippen MR) is 48.1 cm³/mol. The van der Waals surface area contributed by atoms with Crippen LogP contribution in [0.25, 0.3) is 0 Å². The van der Waals surface area contributed by atoms with Gasteiger partial charge in [-0.2, -0.15) is 0 Å². The van der Waals surface area contributed by atoms with E-state index < -0.39 is 0 Å². The summed E-state index contributed by atoms with van der Waals surface area (Å²) in [6.07, 6.45) is 2.28. The summed E-state index contributed by atoms with van der Waals surface area (Å²) in [6.45, 7) is 4.89. The maximum absolute atomic E-state index is 8.66. The predicted octanol–water partition coefficient (Wildman–Crippen LogP) is 0.383. The van der Waals surface area contributed by atoms with Gasteiger partial charge in [-0.1, -0.05) is 6.92 Å². The molecule has 1 rings (SSSR count). The monoisotopic (exact) mass is 173 g/mol. The van der Waals surface area contributed by atoms with E-state index in [0.717, 1.165) is 26.1 Å². The number of nitrogens with one attached hydrogen (secondary N) is 1. The van der Waals surface area contributed by atoms with Gasteiger partial charge in [-0.25, -0.2) is 0 Å². The Hall–Kier alpha value is -0.120. The van der Waals surface area contributed by atoms with Crippen molar-refractivity contribution in [1.29, 1.82) is 0 Å². The Morgan fingerprint density at radius 3 is 3.00 bits per heavy atom. The summed E-state index contributed by atoms with van der Waals surface area (Å²) < 4.78 is 5.32. The molecule has 72 valence electrons. The summed E-state index contributed by atoms with van der Waals surface area (Å²) >= 11 is 0. The third-order valence-corrected chi connectivity index (χ3v) is 2.49. The zero-order valence-electron chi connectivity index (χ0n) is 7.75. The maximum Gasteiger partial charge on any atom is 0.0556 e. The van der Waals surface area contributed by atoms with Gasteiger partial charge in [0.05, 0.1) is 13.2 Å². The van der Waals surface area contributed by atoms with Crippen molar-refractivity contribution in [2.45, 2.75) is 25.8 Å². The first-order valence-electron chi connectivity index (χ1n) is 4.80. The van der Waals surface area contributed by atoms with Gasteiger partial charge in [0.25, 0.3) is 0 Å². The Labute approximate surface area is 74.1 Å². The average molecular weight is 173 g/mol. The third-order valence-electron chi connectivity index (χ3n) is 2.49. The lowest BCUT2D eigenvalue weighted by atomic mass is 9.97. The fraction of sp³-hybridized carbons (Fsp3) is 1.00. The number of hydrogen-bond donors (Lipinski definition) is 2. The van der Waals surface area contributed by atoms with Crippen LogP contribution in [0, 0.1) is 5.92 Å². The average Bonchev–Trinajstić information content (AvgIpc) is 2.59. The van der Waals surface area contributed by atoms with Crippen LogP contribution in [-0.4, -0.2) is 37.5 Å². The molecule has 0 radical (unpaired) electrons. The quantitative estimate of drug-likeness (QED) is 0.631. The second-order valence-corrected chi connectivity index (χ2v) is 3.32.